The monoisotopic (exact) mass is 275 g/mol. The molecular weight excluding hydrogens is 258 g/mol. The first-order valence-corrected chi connectivity index (χ1v) is 6.32. The fraction of sp³-hybridized carbons (Fsp3) is 0.429. The van der Waals surface area contributed by atoms with Crippen LogP contribution in [0.4, 0.5) is 0 Å². The lowest BCUT2D eigenvalue weighted by Crippen LogP contribution is -2.45. The van der Waals surface area contributed by atoms with Gasteiger partial charge in [0.05, 0.1) is 11.3 Å². The van der Waals surface area contributed by atoms with Crippen LogP contribution in [-0.2, 0) is 4.79 Å². The second-order valence-corrected chi connectivity index (χ2v) is 4.62. The van der Waals surface area contributed by atoms with Gasteiger partial charge in [-0.25, -0.2) is 9.78 Å². The maximum Gasteiger partial charge on any atom is 0.326 e. The number of nitriles is 1. The number of aliphatic carboxylic acids is 1. The first-order valence-electron chi connectivity index (χ1n) is 6.32. The van der Waals surface area contributed by atoms with Gasteiger partial charge in [0.1, 0.15) is 17.8 Å². The average Bonchev–Trinajstić information content (AvgIpc) is 2.43. The number of hydrogen-bond acceptors (Lipinski definition) is 4. The Kier molecular flexibility index (Phi) is 5.21. The molecule has 106 valence electrons. The summed E-state index contributed by atoms with van der Waals surface area (Å²) in [5.74, 6) is -1.81. The molecule has 0 aromatic carbocycles. The topological polar surface area (TPSA) is 103 Å². The Labute approximate surface area is 117 Å². The highest BCUT2D eigenvalue weighted by molar-refractivity contribution is 5.95. The molecule has 2 atom stereocenters. The zero-order valence-electron chi connectivity index (χ0n) is 11.7. The van der Waals surface area contributed by atoms with Crippen molar-refractivity contribution in [1.29, 1.82) is 5.26 Å². The Bertz CT molecular complexity index is 563. The minimum atomic E-state index is -1.07. The number of carbonyl (C=O) groups excluding carboxylic acids is 1. The summed E-state index contributed by atoms with van der Waals surface area (Å²) in [6.45, 7) is 5.24. The molecule has 0 aliphatic heterocycles. The third-order valence-electron chi connectivity index (χ3n) is 3.20. The van der Waals surface area contributed by atoms with Gasteiger partial charge in [-0.1, -0.05) is 20.3 Å². The largest absolute Gasteiger partial charge is 0.480 e. The molecule has 0 bridgehead atoms. The summed E-state index contributed by atoms with van der Waals surface area (Å²) in [4.78, 5) is 27.2. The van der Waals surface area contributed by atoms with Crippen LogP contribution in [0.15, 0.2) is 12.1 Å². The molecule has 6 nitrogen and oxygen atoms in total. The van der Waals surface area contributed by atoms with E-state index in [1.54, 1.807) is 13.8 Å². The number of aryl methyl sites for hydroxylation is 1. The number of amides is 1. The summed E-state index contributed by atoms with van der Waals surface area (Å²) in [6.07, 6.45) is 0.636. The lowest BCUT2D eigenvalue weighted by Gasteiger charge is -2.19. The normalized spacial score (nSPS) is 13.1. The lowest BCUT2D eigenvalue weighted by molar-refractivity contribution is -0.140. The highest BCUT2D eigenvalue weighted by Gasteiger charge is 2.26. The summed E-state index contributed by atoms with van der Waals surface area (Å²) < 4.78 is 0. The average molecular weight is 275 g/mol. The maximum absolute atomic E-state index is 12.0. The number of hydrogen-bond donors (Lipinski definition) is 2. The molecule has 1 rings (SSSR count). The van der Waals surface area contributed by atoms with Crippen molar-refractivity contribution < 1.29 is 14.7 Å². The number of pyridine rings is 1. The minimum absolute atomic E-state index is 0.107. The minimum Gasteiger partial charge on any atom is -0.480 e. The van der Waals surface area contributed by atoms with Crippen molar-refractivity contribution in [2.45, 2.75) is 33.2 Å². The van der Waals surface area contributed by atoms with Gasteiger partial charge in [0, 0.05) is 0 Å². The first kappa shape index (κ1) is 15.6. The van der Waals surface area contributed by atoms with Crippen LogP contribution in [0, 0.1) is 24.2 Å². The van der Waals surface area contributed by atoms with Crippen molar-refractivity contribution >= 4 is 11.9 Å². The van der Waals surface area contributed by atoms with Gasteiger partial charge in [-0.15, -0.1) is 0 Å². The fourth-order valence-electron chi connectivity index (χ4n) is 1.70. The van der Waals surface area contributed by atoms with Crippen molar-refractivity contribution in [3.63, 3.8) is 0 Å². The molecule has 20 heavy (non-hydrogen) atoms. The molecule has 2 N–H and O–H groups in total. The van der Waals surface area contributed by atoms with Crippen LogP contribution in [0.5, 0.6) is 0 Å². The van der Waals surface area contributed by atoms with Gasteiger partial charge < -0.3 is 10.4 Å². The Morgan fingerprint density at radius 3 is 2.60 bits per heavy atom. The van der Waals surface area contributed by atoms with Crippen LogP contribution in [-0.4, -0.2) is 28.0 Å². The third-order valence-corrected chi connectivity index (χ3v) is 3.20. The standard InChI is InChI=1S/C14H17N3O3/c1-4-8(2)12(14(19)20)17-13(18)11-6-5-10(7-15)9(3)16-11/h5-6,8,12H,4H2,1-3H3,(H,17,18)(H,19,20)/t8-,12-/m0/s1. The summed E-state index contributed by atoms with van der Waals surface area (Å²) in [7, 11) is 0. The molecule has 1 aromatic heterocycles. The van der Waals surface area contributed by atoms with Crippen molar-refractivity contribution in [3.05, 3.63) is 29.1 Å². The number of carbonyl (C=O) groups is 2. The molecule has 0 fully saturated rings. The Morgan fingerprint density at radius 1 is 1.50 bits per heavy atom. The quantitative estimate of drug-likeness (QED) is 0.847. The Morgan fingerprint density at radius 2 is 2.15 bits per heavy atom. The van der Waals surface area contributed by atoms with E-state index in [1.165, 1.54) is 12.1 Å². The van der Waals surface area contributed by atoms with E-state index in [0.29, 0.717) is 17.7 Å². The van der Waals surface area contributed by atoms with E-state index in [1.807, 2.05) is 13.0 Å². The number of rotatable bonds is 5. The lowest BCUT2D eigenvalue weighted by atomic mass is 9.99. The second-order valence-electron chi connectivity index (χ2n) is 4.62. The molecule has 0 saturated heterocycles. The summed E-state index contributed by atoms with van der Waals surface area (Å²) >= 11 is 0. The summed E-state index contributed by atoms with van der Waals surface area (Å²) in [5.41, 5.74) is 0.935. The molecule has 1 heterocycles. The van der Waals surface area contributed by atoms with E-state index in [-0.39, 0.29) is 11.6 Å². The second kappa shape index (κ2) is 6.66. The molecule has 6 heteroatoms. The Balaban J connectivity index is 2.93. The molecular formula is C14H17N3O3. The highest BCUT2D eigenvalue weighted by atomic mass is 16.4. The van der Waals surface area contributed by atoms with Gasteiger partial charge in [0.25, 0.3) is 5.91 Å². The molecule has 1 amide bonds. The van der Waals surface area contributed by atoms with Gasteiger partial charge >= 0.3 is 5.97 Å². The van der Waals surface area contributed by atoms with E-state index < -0.39 is 17.9 Å². The van der Waals surface area contributed by atoms with E-state index in [9.17, 15) is 9.59 Å². The van der Waals surface area contributed by atoms with Gasteiger partial charge in [-0.2, -0.15) is 5.26 Å². The predicted molar refractivity (Wildman–Crippen MR) is 72.0 cm³/mol. The number of nitrogens with zero attached hydrogens (tertiary/aromatic N) is 2. The highest BCUT2D eigenvalue weighted by Crippen LogP contribution is 2.10. The van der Waals surface area contributed by atoms with Crippen molar-refractivity contribution in [2.75, 3.05) is 0 Å². The van der Waals surface area contributed by atoms with Crippen molar-refractivity contribution in [1.82, 2.24) is 10.3 Å². The summed E-state index contributed by atoms with van der Waals surface area (Å²) in [5, 5.41) is 20.4. The van der Waals surface area contributed by atoms with Crippen LogP contribution >= 0.6 is 0 Å². The van der Waals surface area contributed by atoms with E-state index in [0.717, 1.165) is 0 Å². The number of aromatic nitrogens is 1. The zero-order chi connectivity index (χ0) is 15.3. The van der Waals surface area contributed by atoms with Crippen LogP contribution in [0.1, 0.15) is 42.0 Å². The summed E-state index contributed by atoms with van der Waals surface area (Å²) in [6, 6.07) is 3.92. The van der Waals surface area contributed by atoms with Crippen LogP contribution in [0.25, 0.3) is 0 Å². The predicted octanol–water partition coefficient (Wildman–Crippen LogP) is 1.49. The number of carboxylic acid groups (broad SMARTS) is 1. The van der Waals surface area contributed by atoms with Crippen LogP contribution in [0.2, 0.25) is 0 Å². The molecule has 1 aromatic rings. The van der Waals surface area contributed by atoms with Crippen molar-refractivity contribution in [2.24, 2.45) is 5.92 Å². The van der Waals surface area contributed by atoms with Crippen LogP contribution < -0.4 is 5.32 Å². The van der Waals surface area contributed by atoms with Gasteiger partial charge in [0.15, 0.2) is 0 Å². The third kappa shape index (κ3) is 3.54. The smallest absolute Gasteiger partial charge is 0.326 e. The van der Waals surface area contributed by atoms with Gasteiger partial charge in [0.2, 0.25) is 0 Å². The Hall–Kier alpha value is -2.42. The molecule has 0 unspecified atom stereocenters. The van der Waals surface area contributed by atoms with Gasteiger partial charge in [-0.05, 0) is 25.0 Å². The fourth-order valence-corrected chi connectivity index (χ4v) is 1.70. The number of carboxylic acids is 1. The molecule has 0 radical (unpaired) electrons. The van der Waals surface area contributed by atoms with Crippen LogP contribution in [0.3, 0.4) is 0 Å². The zero-order valence-corrected chi connectivity index (χ0v) is 11.7. The molecule has 0 aliphatic carbocycles. The van der Waals surface area contributed by atoms with E-state index >= 15 is 0 Å². The van der Waals surface area contributed by atoms with E-state index in [4.69, 9.17) is 10.4 Å². The molecule has 0 saturated carbocycles. The van der Waals surface area contributed by atoms with E-state index in [2.05, 4.69) is 10.3 Å². The molecule has 0 spiro atoms. The number of nitrogens with one attached hydrogen (secondary N) is 1. The first-order chi connectivity index (χ1) is 9.40. The van der Waals surface area contributed by atoms with Gasteiger partial charge in [-0.3, -0.25) is 4.79 Å². The molecule has 0 aliphatic rings. The maximum atomic E-state index is 12.0. The SMILES string of the molecule is CC[C@H](C)[C@H](NC(=O)c1ccc(C#N)c(C)n1)C(=O)O. The van der Waals surface area contributed by atoms with Crippen molar-refractivity contribution in [3.8, 4) is 6.07 Å².